The zero-order chi connectivity index (χ0) is 29.7. The first-order chi connectivity index (χ1) is 19.2. The van der Waals surface area contributed by atoms with Crippen LogP contribution < -0.4 is 10.8 Å². The Labute approximate surface area is 242 Å². The largest absolute Gasteiger partial charge is 0.495 e. The molecule has 7 nitrogen and oxygen atoms in total. The highest BCUT2D eigenvalue weighted by atomic mass is 16.7. The van der Waals surface area contributed by atoms with E-state index in [2.05, 4.69) is 29.6 Å². The van der Waals surface area contributed by atoms with Gasteiger partial charge in [-0.15, -0.1) is 0 Å². The third-order valence-electron chi connectivity index (χ3n) is 8.17. The molecule has 0 saturated carbocycles. The fraction of sp³-hybridized carbons (Fsp3) is 0.394. The number of fused-ring (bicyclic) bond motifs is 3. The number of hydrogen-bond acceptors (Lipinski definition) is 6. The van der Waals surface area contributed by atoms with Gasteiger partial charge in [-0.2, -0.15) is 0 Å². The molecule has 1 heterocycles. The minimum absolute atomic E-state index is 0.0670. The number of ether oxygens (including phenoxy) is 2. The zero-order valence-corrected chi connectivity index (χ0v) is 25.1. The summed E-state index contributed by atoms with van der Waals surface area (Å²) in [7, 11) is -0.731. The van der Waals surface area contributed by atoms with Crippen LogP contribution in [0.25, 0.3) is 11.1 Å². The second kappa shape index (κ2) is 10.3. The van der Waals surface area contributed by atoms with Gasteiger partial charge in [0.25, 0.3) is 0 Å². The van der Waals surface area contributed by atoms with Gasteiger partial charge in [0.05, 0.1) is 16.8 Å². The second-order valence-electron chi connectivity index (χ2n) is 12.8. The number of hydrogen-bond donors (Lipinski definition) is 1. The Morgan fingerprint density at radius 1 is 0.902 bits per heavy atom. The first kappa shape index (κ1) is 28.9. The Hall–Kier alpha value is -3.62. The molecular formula is C33H38BNO6. The van der Waals surface area contributed by atoms with E-state index in [-0.39, 0.29) is 18.1 Å². The summed E-state index contributed by atoms with van der Waals surface area (Å²) in [5.41, 5.74) is 4.80. The molecular weight excluding hydrogens is 517 g/mol. The number of rotatable bonds is 5. The summed E-state index contributed by atoms with van der Waals surface area (Å²) < 4.78 is 24.0. The van der Waals surface area contributed by atoms with Crippen LogP contribution in [0.2, 0.25) is 0 Å². The highest BCUT2D eigenvalue weighted by molar-refractivity contribution is 6.63. The SMILES string of the molecule is Cc1c(NC(=O)OCC2c3ccccc3-c3ccccc32)cc(C(=O)OC(C)(C)C)cc1B1OC(C)(C)C(C)(C)O1. The number of carbonyl (C=O) groups excluding carboxylic acids is 2. The molecule has 2 aliphatic rings. The predicted octanol–water partition coefficient (Wildman–Crippen LogP) is 6.61. The van der Waals surface area contributed by atoms with E-state index < -0.39 is 36.0 Å². The average molecular weight is 555 g/mol. The standard InChI is InChI=1S/C33H38BNO6/c1-20-27(34-40-32(5,6)33(7,8)41-34)17-21(29(36)39-31(2,3)4)18-28(20)35-30(37)38-19-26-24-15-11-9-13-22(24)23-14-10-12-16-25(23)26/h9-18,26H,19H2,1-8H3,(H,35,37). The Morgan fingerprint density at radius 3 is 1.98 bits per heavy atom. The lowest BCUT2D eigenvalue weighted by molar-refractivity contribution is 0.00578. The fourth-order valence-corrected chi connectivity index (χ4v) is 5.28. The fourth-order valence-electron chi connectivity index (χ4n) is 5.28. The summed E-state index contributed by atoms with van der Waals surface area (Å²) in [6.45, 7) is 15.3. The van der Waals surface area contributed by atoms with Crippen molar-refractivity contribution >= 4 is 30.3 Å². The molecule has 0 aromatic heterocycles. The van der Waals surface area contributed by atoms with Gasteiger partial charge in [-0.25, -0.2) is 9.59 Å². The van der Waals surface area contributed by atoms with E-state index in [4.69, 9.17) is 18.8 Å². The summed E-state index contributed by atoms with van der Waals surface area (Å²) in [6.07, 6.45) is -0.615. The van der Waals surface area contributed by atoms with Crippen LogP contribution in [0.5, 0.6) is 0 Å². The molecule has 5 rings (SSSR count). The Kier molecular flexibility index (Phi) is 7.29. The van der Waals surface area contributed by atoms with Crippen LogP contribution in [0, 0.1) is 6.92 Å². The highest BCUT2D eigenvalue weighted by Gasteiger charge is 2.52. The lowest BCUT2D eigenvalue weighted by Crippen LogP contribution is -2.41. The minimum Gasteiger partial charge on any atom is -0.456 e. The molecule has 1 aliphatic carbocycles. The number of nitrogens with one attached hydrogen (secondary N) is 1. The predicted molar refractivity (Wildman–Crippen MR) is 161 cm³/mol. The van der Waals surface area contributed by atoms with Crippen LogP contribution in [0.3, 0.4) is 0 Å². The van der Waals surface area contributed by atoms with Crippen LogP contribution in [0.1, 0.15) is 81.4 Å². The summed E-state index contributed by atoms with van der Waals surface area (Å²) in [6, 6.07) is 19.7. The Balaban J connectivity index is 1.41. The molecule has 0 atom stereocenters. The van der Waals surface area contributed by atoms with Crippen LogP contribution in [0.4, 0.5) is 10.5 Å². The van der Waals surface area contributed by atoms with Crippen molar-refractivity contribution in [2.45, 2.75) is 78.1 Å². The maximum absolute atomic E-state index is 13.2. The number of esters is 1. The molecule has 0 radical (unpaired) electrons. The number of benzene rings is 3. The summed E-state index contributed by atoms with van der Waals surface area (Å²) in [4.78, 5) is 26.3. The first-order valence-corrected chi connectivity index (χ1v) is 14.0. The smallest absolute Gasteiger partial charge is 0.456 e. The molecule has 214 valence electrons. The van der Waals surface area contributed by atoms with Crippen molar-refractivity contribution < 1.29 is 28.4 Å². The number of anilines is 1. The van der Waals surface area contributed by atoms with Crippen molar-refractivity contribution in [3.05, 3.63) is 82.9 Å². The van der Waals surface area contributed by atoms with E-state index in [0.717, 1.165) is 22.3 Å². The maximum Gasteiger partial charge on any atom is 0.495 e. The van der Waals surface area contributed by atoms with Crippen molar-refractivity contribution in [3.8, 4) is 11.1 Å². The van der Waals surface area contributed by atoms with E-state index >= 15 is 0 Å². The molecule has 0 spiro atoms. The van der Waals surface area contributed by atoms with E-state index in [1.807, 2.05) is 79.7 Å². The molecule has 3 aromatic carbocycles. The molecule has 0 unspecified atom stereocenters. The van der Waals surface area contributed by atoms with Gasteiger partial charge >= 0.3 is 19.2 Å². The molecule has 1 saturated heterocycles. The maximum atomic E-state index is 13.2. The van der Waals surface area contributed by atoms with Gasteiger partial charge in [0.1, 0.15) is 12.2 Å². The van der Waals surface area contributed by atoms with Crippen LogP contribution in [-0.2, 0) is 18.8 Å². The minimum atomic E-state index is -0.731. The van der Waals surface area contributed by atoms with Crippen molar-refractivity contribution in [2.75, 3.05) is 11.9 Å². The molecule has 3 aromatic rings. The van der Waals surface area contributed by atoms with Gasteiger partial charge in [-0.3, -0.25) is 5.32 Å². The van der Waals surface area contributed by atoms with E-state index in [1.165, 1.54) is 0 Å². The van der Waals surface area contributed by atoms with Crippen molar-refractivity contribution in [1.29, 1.82) is 0 Å². The zero-order valence-electron chi connectivity index (χ0n) is 25.1. The van der Waals surface area contributed by atoms with Gasteiger partial charge in [-0.1, -0.05) is 48.5 Å². The Morgan fingerprint density at radius 2 is 1.44 bits per heavy atom. The van der Waals surface area contributed by atoms with Gasteiger partial charge in [-0.05, 0) is 101 Å². The summed E-state index contributed by atoms with van der Waals surface area (Å²) >= 11 is 0. The normalized spacial score (nSPS) is 17.1. The number of amides is 1. The number of carbonyl (C=O) groups is 2. The molecule has 1 aliphatic heterocycles. The topological polar surface area (TPSA) is 83.1 Å². The third-order valence-corrected chi connectivity index (χ3v) is 8.17. The monoisotopic (exact) mass is 555 g/mol. The Bertz CT molecular complexity index is 1440. The van der Waals surface area contributed by atoms with E-state index in [9.17, 15) is 9.59 Å². The molecule has 8 heteroatoms. The van der Waals surface area contributed by atoms with Crippen molar-refractivity contribution in [2.24, 2.45) is 0 Å². The van der Waals surface area contributed by atoms with Crippen LogP contribution in [0.15, 0.2) is 60.7 Å². The van der Waals surface area contributed by atoms with E-state index in [0.29, 0.717) is 16.7 Å². The molecule has 0 bridgehead atoms. The lowest BCUT2D eigenvalue weighted by Gasteiger charge is -2.32. The third kappa shape index (κ3) is 5.63. The van der Waals surface area contributed by atoms with Crippen LogP contribution in [-0.4, -0.2) is 42.6 Å². The average Bonchev–Trinajstić information content (AvgIpc) is 3.32. The van der Waals surface area contributed by atoms with Gasteiger partial charge in [0.2, 0.25) is 0 Å². The summed E-state index contributed by atoms with van der Waals surface area (Å²) in [5.74, 6) is -0.575. The highest BCUT2D eigenvalue weighted by Crippen LogP contribution is 2.44. The molecule has 41 heavy (non-hydrogen) atoms. The molecule has 1 fully saturated rings. The van der Waals surface area contributed by atoms with Gasteiger partial charge < -0.3 is 18.8 Å². The molecule has 1 N–H and O–H groups in total. The van der Waals surface area contributed by atoms with E-state index in [1.54, 1.807) is 12.1 Å². The summed E-state index contributed by atoms with van der Waals surface area (Å²) in [5, 5.41) is 2.87. The van der Waals surface area contributed by atoms with Gasteiger partial charge in [0.15, 0.2) is 0 Å². The van der Waals surface area contributed by atoms with Crippen molar-refractivity contribution in [3.63, 3.8) is 0 Å². The lowest BCUT2D eigenvalue weighted by atomic mass is 9.75. The first-order valence-electron chi connectivity index (χ1n) is 14.0. The quantitative estimate of drug-likeness (QED) is 0.282. The van der Waals surface area contributed by atoms with Crippen molar-refractivity contribution in [1.82, 2.24) is 0 Å². The van der Waals surface area contributed by atoms with Crippen LogP contribution >= 0.6 is 0 Å². The van der Waals surface area contributed by atoms with Gasteiger partial charge in [0, 0.05) is 11.6 Å². The molecule has 1 amide bonds. The second-order valence-corrected chi connectivity index (χ2v) is 12.8.